The Labute approximate surface area is 105 Å². The van der Waals surface area contributed by atoms with Crippen LogP contribution in [0.4, 0.5) is 0 Å². The molecular formula is C13H26N2O2. The predicted octanol–water partition coefficient (Wildman–Crippen LogP) is 1.75. The average molecular weight is 242 g/mol. The lowest BCUT2D eigenvalue weighted by molar-refractivity contribution is -0.133. The molecule has 2 unspecified atom stereocenters. The Morgan fingerprint density at radius 3 is 2.65 bits per heavy atom. The summed E-state index contributed by atoms with van der Waals surface area (Å²) in [6.07, 6.45) is 2.93. The molecule has 100 valence electrons. The molecule has 1 fully saturated rings. The van der Waals surface area contributed by atoms with Gasteiger partial charge in [0.15, 0.2) is 0 Å². The van der Waals surface area contributed by atoms with Crippen LogP contribution in [-0.4, -0.2) is 42.3 Å². The van der Waals surface area contributed by atoms with E-state index in [0.717, 1.165) is 39.0 Å². The largest absolute Gasteiger partial charge is 0.381 e. The number of hydrogen-bond donors (Lipinski definition) is 1. The van der Waals surface area contributed by atoms with Crippen LogP contribution in [0.1, 0.15) is 47.0 Å². The average Bonchev–Trinajstić information content (AvgIpc) is 2.52. The van der Waals surface area contributed by atoms with Gasteiger partial charge in [-0.15, -0.1) is 0 Å². The second-order valence-corrected chi connectivity index (χ2v) is 4.97. The van der Waals surface area contributed by atoms with E-state index >= 15 is 0 Å². The zero-order valence-electron chi connectivity index (χ0n) is 11.6. The summed E-state index contributed by atoms with van der Waals surface area (Å²) in [6, 6.07) is 0. The normalized spacial score (nSPS) is 29.1. The molecule has 0 aromatic carbocycles. The highest BCUT2D eigenvalue weighted by molar-refractivity contribution is 5.88. The molecule has 0 aromatic heterocycles. The Bertz CT molecular complexity index is 258. The minimum atomic E-state index is -0.371. The number of ether oxygens (including phenoxy) is 1. The third-order valence-electron chi connectivity index (χ3n) is 3.47. The molecule has 1 rings (SSSR count). The van der Waals surface area contributed by atoms with Gasteiger partial charge < -0.3 is 9.64 Å². The lowest BCUT2D eigenvalue weighted by Gasteiger charge is -2.21. The van der Waals surface area contributed by atoms with E-state index in [-0.39, 0.29) is 17.6 Å². The molecule has 1 N–H and O–H groups in total. The van der Waals surface area contributed by atoms with Gasteiger partial charge in [0.05, 0.1) is 11.7 Å². The van der Waals surface area contributed by atoms with Gasteiger partial charge in [0, 0.05) is 19.8 Å². The summed E-state index contributed by atoms with van der Waals surface area (Å²) in [5.41, 5.74) is -0.371. The number of carbonyl (C=O) groups excluding carboxylic acids is 1. The van der Waals surface area contributed by atoms with E-state index in [0.29, 0.717) is 0 Å². The first kappa shape index (κ1) is 14.5. The van der Waals surface area contributed by atoms with E-state index in [1.807, 2.05) is 25.7 Å². The minimum Gasteiger partial charge on any atom is -0.381 e. The van der Waals surface area contributed by atoms with Crippen LogP contribution in [0.3, 0.4) is 0 Å². The molecule has 1 amide bonds. The summed E-state index contributed by atoms with van der Waals surface area (Å²) in [7, 11) is 0. The molecule has 1 heterocycles. The number of hydrogen-bond acceptors (Lipinski definition) is 3. The van der Waals surface area contributed by atoms with Crippen LogP contribution in [0.15, 0.2) is 0 Å². The van der Waals surface area contributed by atoms with Crippen LogP contribution in [0.5, 0.6) is 0 Å². The fourth-order valence-electron chi connectivity index (χ4n) is 2.23. The highest BCUT2D eigenvalue weighted by Gasteiger charge is 2.44. The van der Waals surface area contributed by atoms with Crippen LogP contribution < -0.4 is 5.32 Å². The Balaban J connectivity index is 2.36. The Hall–Kier alpha value is -0.610. The van der Waals surface area contributed by atoms with Crippen LogP contribution in [-0.2, 0) is 9.53 Å². The van der Waals surface area contributed by atoms with Crippen molar-refractivity contribution in [2.24, 2.45) is 0 Å². The van der Waals surface area contributed by atoms with E-state index in [1.165, 1.54) is 0 Å². The van der Waals surface area contributed by atoms with Crippen molar-refractivity contribution in [1.82, 2.24) is 10.2 Å². The zero-order chi connectivity index (χ0) is 12.9. The predicted molar refractivity (Wildman–Crippen MR) is 68.7 cm³/mol. The summed E-state index contributed by atoms with van der Waals surface area (Å²) in [5, 5.41) is 3.37. The molecule has 2 atom stereocenters. The Kier molecular flexibility index (Phi) is 5.40. The number of rotatable bonds is 7. The molecular weight excluding hydrogens is 216 g/mol. The summed E-state index contributed by atoms with van der Waals surface area (Å²) >= 11 is 0. The van der Waals surface area contributed by atoms with Gasteiger partial charge in [-0.05, 0) is 33.1 Å². The third kappa shape index (κ3) is 3.42. The molecule has 4 heteroatoms. The second kappa shape index (κ2) is 6.36. The first-order valence-corrected chi connectivity index (χ1v) is 6.71. The maximum Gasteiger partial charge on any atom is 0.243 e. The van der Waals surface area contributed by atoms with Crippen molar-refractivity contribution in [2.45, 2.75) is 58.7 Å². The number of nitrogens with one attached hydrogen (secondary N) is 1. The van der Waals surface area contributed by atoms with Gasteiger partial charge in [0.1, 0.15) is 0 Å². The standard InChI is InChI=1S/C13H26N2O2/c1-5-9-17-10-7-8-15-11(3)14-13(4,6-2)12(15)16/h11,14H,5-10H2,1-4H3. The van der Waals surface area contributed by atoms with Crippen LogP contribution >= 0.6 is 0 Å². The highest BCUT2D eigenvalue weighted by Crippen LogP contribution is 2.23. The van der Waals surface area contributed by atoms with Gasteiger partial charge in [-0.25, -0.2) is 0 Å². The smallest absolute Gasteiger partial charge is 0.243 e. The third-order valence-corrected chi connectivity index (χ3v) is 3.47. The molecule has 1 aliphatic rings. The zero-order valence-corrected chi connectivity index (χ0v) is 11.6. The van der Waals surface area contributed by atoms with Crippen LogP contribution in [0.2, 0.25) is 0 Å². The lowest BCUT2D eigenvalue weighted by atomic mass is 9.99. The molecule has 17 heavy (non-hydrogen) atoms. The first-order valence-electron chi connectivity index (χ1n) is 6.71. The summed E-state index contributed by atoms with van der Waals surface area (Å²) < 4.78 is 5.43. The van der Waals surface area contributed by atoms with Gasteiger partial charge in [0.2, 0.25) is 5.91 Å². The minimum absolute atomic E-state index is 0.138. The van der Waals surface area contributed by atoms with Crippen molar-refractivity contribution in [3.8, 4) is 0 Å². The van der Waals surface area contributed by atoms with Crippen molar-refractivity contribution in [3.63, 3.8) is 0 Å². The number of carbonyl (C=O) groups is 1. The van der Waals surface area contributed by atoms with Gasteiger partial charge in [-0.3, -0.25) is 10.1 Å². The lowest BCUT2D eigenvalue weighted by Crippen LogP contribution is -2.43. The number of nitrogens with zero attached hydrogens (tertiary/aromatic N) is 1. The molecule has 0 aromatic rings. The molecule has 0 spiro atoms. The van der Waals surface area contributed by atoms with Crippen molar-refractivity contribution < 1.29 is 9.53 Å². The van der Waals surface area contributed by atoms with Crippen molar-refractivity contribution >= 4 is 5.91 Å². The van der Waals surface area contributed by atoms with E-state index in [4.69, 9.17) is 4.74 Å². The molecule has 0 bridgehead atoms. The fourth-order valence-corrected chi connectivity index (χ4v) is 2.23. The Morgan fingerprint density at radius 2 is 2.12 bits per heavy atom. The van der Waals surface area contributed by atoms with E-state index < -0.39 is 0 Å². The molecule has 0 radical (unpaired) electrons. The van der Waals surface area contributed by atoms with Gasteiger partial charge in [-0.2, -0.15) is 0 Å². The monoisotopic (exact) mass is 242 g/mol. The van der Waals surface area contributed by atoms with E-state index in [2.05, 4.69) is 12.2 Å². The van der Waals surface area contributed by atoms with Crippen molar-refractivity contribution in [1.29, 1.82) is 0 Å². The van der Waals surface area contributed by atoms with E-state index in [1.54, 1.807) is 0 Å². The topological polar surface area (TPSA) is 41.6 Å². The van der Waals surface area contributed by atoms with Gasteiger partial charge in [0.25, 0.3) is 0 Å². The second-order valence-electron chi connectivity index (χ2n) is 4.97. The van der Waals surface area contributed by atoms with Crippen LogP contribution in [0.25, 0.3) is 0 Å². The SMILES string of the molecule is CCCOCCCN1C(=O)C(C)(CC)NC1C. The maximum absolute atomic E-state index is 12.2. The quantitative estimate of drug-likeness (QED) is 0.692. The molecule has 1 aliphatic heterocycles. The van der Waals surface area contributed by atoms with Crippen LogP contribution in [0, 0.1) is 0 Å². The van der Waals surface area contributed by atoms with Gasteiger partial charge in [-0.1, -0.05) is 13.8 Å². The first-order chi connectivity index (χ1) is 8.05. The van der Waals surface area contributed by atoms with E-state index in [9.17, 15) is 4.79 Å². The molecule has 4 nitrogen and oxygen atoms in total. The maximum atomic E-state index is 12.2. The summed E-state index contributed by atoms with van der Waals surface area (Å²) in [5.74, 6) is 0.225. The molecule has 1 saturated heterocycles. The van der Waals surface area contributed by atoms with Crippen molar-refractivity contribution in [3.05, 3.63) is 0 Å². The van der Waals surface area contributed by atoms with Crippen molar-refractivity contribution in [2.75, 3.05) is 19.8 Å². The summed E-state index contributed by atoms with van der Waals surface area (Å²) in [4.78, 5) is 14.1. The highest BCUT2D eigenvalue weighted by atomic mass is 16.5. The number of amides is 1. The molecule has 0 saturated carbocycles. The van der Waals surface area contributed by atoms with Gasteiger partial charge >= 0.3 is 0 Å². The fraction of sp³-hybridized carbons (Fsp3) is 0.923. The summed E-state index contributed by atoms with van der Waals surface area (Å²) in [6.45, 7) is 10.5. The molecule has 0 aliphatic carbocycles. The Morgan fingerprint density at radius 1 is 1.41 bits per heavy atom.